The molecule has 3 nitrogen and oxygen atoms in total. The van der Waals surface area contributed by atoms with E-state index in [9.17, 15) is 13.2 Å². The van der Waals surface area contributed by atoms with Crippen LogP contribution in [0.3, 0.4) is 0 Å². The fraction of sp³-hybridized carbons (Fsp3) is 0.300. The van der Waals surface area contributed by atoms with Gasteiger partial charge in [-0.25, -0.2) is 0 Å². The summed E-state index contributed by atoms with van der Waals surface area (Å²) >= 11 is 0. The first kappa shape index (κ1) is 12.3. The fourth-order valence-corrected chi connectivity index (χ4v) is 1.12. The molecule has 1 aromatic carbocycles. The lowest BCUT2D eigenvalue weighted by Crippen LogP contribution is -2.14. The molecule has 6 heteroatoms. The summed E-state index contributed by atoms with van der Waals surface area (Å²) < 4.78 is 42.6. The molecule has 0 aliphatic rings. The third kappa shape index (κ3) is 2.87. The summed E-state index contributed by atoms with van der Waals surface area (Å²) in [6, 6.07) is 4.79. The average Bonchev–Trinajstić information content (AvgIpc) is 2.25. The lowest BCUT2D eigenvalue weighted by Gasteiger charge is -2.13. The van der Waals surface area contributed by atoms with E-state index in [1.165, 1.54) is 6.07 Å². The average molecular weight is 230 g/mol. The number of hydrogen-bond donors (Lipinski definition) is 1. The van der Waals surface area contributed by atoms with Crippen molar-refractivity contribution in [1.29, 1.82) is 5.26 Å². The minimum atomic E-state index is -4.54. The van der Waals surface area contributed by atoms with E-state index in [0.717, 1.165) is 12.1 Å². The molecule has 0 spiro atoms. The predicted octanol–water partition coefficient (Wildman–Crippen LogP) is 1.91. The number of rotatable bonds is 3. The zero-order chi connectivity index (χ0) is 12.2. The Kier molecular flexibility index (Phi) is 3.74. The van der Waals surface area contributed by atoms with Gasteiger partial charge in [-0.3, -0.25) is 0 Å². The van der Waals surface area contributed by atoms with Crippen LogP contribution in [-0.4, -0.2) is 13.2 Å². The van der Waals surface area contributed by atoms with Crippen LogP contribution in [0.15, 0.2) is 18.2 Å². The Labute approximate surface area is 90.2 Å². The largest absolute Gasteiger partial charge is 0.492 e. The van der Waals surface area contributed by atoms with Gasteiger partial charge in [0.15, 0.2) is 0 Å². The van der Waals surface area contributed by atoms with Crippen molar-refractivity contribution >= 4 is 0 Å². The van der Waals surface area contributed by atoms with Crippen molar-refractivity contribution in [3.05, 3.63) is 29.3 Å². The van der Waals surface area contributed by atoms with Crippen LogP contribution in [0, 0.1) is 11.3 Å². The summed E-state index contributed by atoms with van der Waals surface area (Å²) in [4.78, 5) is 0. The van der Waals surface area contributed by atoms with Crippen LogP contribution in [0.1, 0.15) is 11.1 Å². The number of benzene rings is 1. The number of nitrogens with two attached hydrogens (primary N) is 1. The smallest absolute Gasteiger partial charge is 0.420 e. The standard InChI is InChI=1S/C10H9F3N2O/c11-10(12,13)8-5-7(6-15)1-2-9(8)16-4-3-14/h1-2,5H,3-4,14H2. The second-order valence-corrected chi connectivity index (χ2v) is 2.96. The SMILES string of the molecule is N#Cc1ccc(OCCN)c(C(F)(F)F)c1. The summed E-state index contributed by atoms with van der Waals surface area (Å²) in [7, 11) is 0. The van der Waals surface area contributed by atoms with Gasteiger partial charge in [-0.05, 0) is 18.2 Å². The third-order valence-electron chi connectivity index (χ3n) is 1.79. The Bertz CT molecular complexity index is 410. The van der Waals surface area contributed by atoms with Crippen LogP contribution in [0.2, 0.25) is 0 Å². The molecule has 0 atom stereocenters. The summed E-state index contributed by atoms with van der Waals surface area (Å²) in [5.41, 5.74) is 4.11. The molecular weight excluding hydrogens is 221 g/mol. The fourth-order valence-electron chi connectivity index (χ4n) is 1.12. The molecule has 0 bridgehead atoms. The van der Waals surface area contributed by atoms with Gasteiger partial charge in [0.05, 0.1) is 17.2 Å². The van der Waals surface area contributed by atoms with Crippen LogP contribution >= 0.6 is 0 Å². The van der Waals surface area contributed by atoms with E-state index in [4.69, 9.17) is 15.7 Å². The summed E-state index contributed by atoms with van der Waals surface area (Å²) in [5, 5.41) is 8.52. The maximum atomic E-state index is 12.6. The van der Waals surface area contributed by atoms with Crippen LogP contribution in [0.5, 0.6) is 5.75 Å². The number of hydrogen-bond acceptors (Lipinski definition) is 3. The molecule has 86 valence electrons. The molecule has 2 N–H and O–H groups in total. The summed E-state index contributed by atoms with van der Waals surface area (Å²) in [5.74, 6) is -0.308. The van der Waals surface area contributed by atoms with Crippen LogP contribution < -0.4 is 10.5 Å². The maximum absolute atomic E-state index is 12.6. The number of ether oxygens (including phenoxy) is 1. The molecule has 0 saturated heterocycles. The van der Waals surface area contributed by atoms with Crippen molar-refractivity contribution in [3.63, 3.8) is 0 Å². The Balaban J connectivity index is 3.13. The quantitative estimate of drug-likeness (QED) is 0.862. The highest BCUT2D eigenvalue weighted by atomic mass is 19.4. The minimum absolute atomic E-state index is 0.00498. The second kappa shape index (κ2) is 4.86. The lowest BCUT2D eigenvalue weighted by molar-refractivity contribution is -0.138. The molecule has 16 heavy (non-hydrogen) atoms. The molecule has 0 radical (unpaired) electrons. The van der Waals surface area contributed by atoms with Gasteiger partial charge in [0.2, 0.25) is 0 Å². The van der Waals surface area contributed by atoms with Gasteiger partial charge in [0, 0.05) is 6.54 Å². The van der Waals surface area contributed by atoms with Gasteiger partial charge in [0.1, 0.15) is 12.4 Å². The zero-order valence-electron chi connectivity index (χ0n) is 8.21. The summed E-state index contributed by atoms with van der Waals surface area (Å²) in [6.45, 7) is 0.117. The van der Waals surface area contributed by atoms with Crippen LogP contribution in [-0.2, 0) is 6.18 Å². The van der Waals surface area contributed by atoms with Crippen LogP contribution in [0.4, 0.5) is 13.2 Å². The molecule has 0 amide bonds. The lowest BCUT2D eigenvalue weighted by atomic mass is 10.1. The Morgan fingerprint density at radius 1 is 1.38 bits per heavy atom. The first-order valence-electron chi connectivity index (χ1n) is 4.43. The molecule has 0 aliphatic heterocycles. The van der Waals surface area contributed by atoms with E-state index in [2.05, 4.69) is 0 Å². The molecule has 1 aromatic rings. The van der Waals surface area contributed by atoms with Gasteiger partial charge in [-0.2, -0.15) is 18.4 Å². The van der Waals surface area contributed by atoms with Crippen molar-refractivity contribution in [2.75, 3.05) is 13.2 Å². The van der Waals surface area contributed by atoms with E-state index < -0.39 is 11.7 Å². The first-order chi connectivity index (χ1) is 7.49. The maximum Gasteiger partial charge on any atom is 0.420 e. The van der Waals surface area contributed by atoms with E-state index in [-0.39, 0.29) is 24.5 Å². The number of alkyl halides is 3. The molecule has 0 fully saturated rings. The van der Waals surface area contributed by atoms with Crippen LogP contribution in [0.25, 0.3) is 0 Å². The Morgan fingerprint density at radius 2 is 2.06 bits per heavy atom. The Hall–Kier alpha value is -1.74. The van der Waals surface area contributed by atoms with Crippen molar-refractivity contribution < 1.29 is 17.9 Å². The highest BCUT2D eigenvalue weighted by molar-refractivity contribution is 5.43. The molecule has 1 rings (SSSR count). The van der Waals surface area contributed by atoms with Gasteiger partial charge < -0.3 is 10.5 Å². The zero-order valence-corrected chi connectivity index (χ0v) is 8.21. The van der Waals surface area contributed by atoms with Crippen molar-refractivity contribution in [3.8, 4) is 11.8 Å². The molecule has 0 aromatic heterocycles. The molecule has 0 unspecified atom stereocenters. The van der Waals surface area contributed by atoms with E-state index in [0.29, 0.717) is 0 Å². The normalized spacial score (nSPS) is 10.9. The van der Waals surface area contributed by atoms with Gasteiger partial charge in [-0.1, -0.05) is 0 Å². The van der Waals surface area contributed by atoms with Gasteiger partial charge in [-0.15, -0.1) is 0 Å². The van der Waals surface area contributed by atoms with Crippen molar-refractivity contribution in [1.82, 2.24) is 0 Å². The highest BCUT2D eigenvalue weighted by Crippen LogP contribution is 2.36. The van der Waals surface area contributed by atoms with Crippen molar-refractivity contribution in [2.24, 2.45) is 5.73 Å². The molecule has 0 aliphatic carbocycles. The van der Waals surface area contributed by atoms with Gasteiger partial charge in [0.25, 0.3) is 0 Å². The monoisotopic (exact) mass is 230 g/mol. The highest BCUT2D eigenvalue weighted by Gasteiger charge is 2.34. The topological polar surface area (TPSA) is 59.0 Å². The van der Waals surface area contributed by atoms with E-state index in [1.807, 2.05) is 0 Å². The third-order valence-corrected chi connectivity index (χ3v) is 1.79. The number of halogens is 3. The first-order valence-corrected chi connectivity index (χ1v) is 4.43. The number of nitriles is 1. The van der Waals surface area contributed by atoms with E-state index in [1.54, 1.807) is 6.07 Å². The summed E-state index contributed by atoms with van der Waals surface area (Å²) in [6.07, 6.45) is -4.54. The van der Waals surface area contributed by atoms with Crippen molar-refractivity contribution in [2.45, 2.75) is 6.18 Å². The second-order valence-electron chi connectivity index (χ2n) is 2.96. The Morgan fingerprint density at radius 3 is 2.56 bits per heavy atom. The van der Waals surface area contributed by atoms with Gasteiger partial charge >= 0.3 is 6.18 Å². The predicted molar refractivity (Wildman–Crippen MR) is 50.7 cm³/mol. The number of nitrogens with zero attached hydrogens (tertiary/aromatic N) is 1. The molecular formula is C10H9F3N2O. The minimum Gasteiger partial charge on any atom is -0.492 e. The molecule has 0 heterocycles. The van der Waals surface area contributed by atoms with E-state index >= 15 is 0 Å². The molecule has 0 saturated carbocycles.